The Morgan fingerprint density at radius 2 is 1.94 bits per heavy atom. The summed E-state index contributed by atoms with van der Waals surface area (Å²) in [5, 5.41) is 0. The lowest BCUT2D eigenvalue weighted by atomic mass is 10.3. The van der Waals surface area contributed by atoms with Crippen molar-refractivity contribution in [2.75, 3.05) is 0 Å². The summed E-state index contributed by atoms with van der Waals surface area (Å²) in [6.45, 7) is 0.338. The lowest BCUT2D eigenvalue weighted by Gasteiger charge is -2.03. The number of nitrogens with one attached hydrogen (secondary N) is 1. The number of aromatic nitrogens is 2. The fraction of sp³-hybridized carbons (Fsp3) is 0.0909. The standard InChI is InChI=1S/C11H9FN2O.H2O/c12-9-1-2-10(14-7-9)8-15-11-3-5-13-6-4-11;/h1-7H,8H2;1H2. The highest BCUT2D eigenvalue weighted by Crippen LogP contribution is 2.08. The van der Waals surface area contributed by atoms with E-state index in [-0.39, 0.29) is 11.3 Å². The molecule has 5 heteroatoms. The van der Waals surface area contributed by atoms with Crippen molar-refractivity contribution >= 4 is 0 Å². The van der Waals surface area contributed by atoms with Crippen LogP contribution in [0.25, 0.3) is 0 Å². The molecule has 2 rings (SSSR count). The second-order valence-corrected chi connectivity index (χ2v) is 2.99. The van der Waals surface area contributed by atoms with E-state index >= 15 is 0 Å². The van der Waals surface area contributed by atoms with Crippen molar-refractivity contribution in [3.8, 4) is 5.75 Å². The second kappa shape index (κ2) is 5.77. The number of hydrogen-bond acceptors (Lipinski definition) is 3. The van der Waals surface area contributed by atoms with Crippen LogP contribution in [0.2, 0.25) is 0 Å². The summed E-state index contributed by atoms with van der Waals surface area (Å²) >= 11 is 0. The van der Waals surface area contributed by atoms with Crippen LogP contribution in [0.5, 0.6) is 5.75 Å². The molecule has 84 valence electrons. The van der Waals surface area contributed by atoms with Crippen LogP contribution in [0.1, 0.15) is 5.69 Å². The predicted molar refractivity (Wildman–Crippen MR) is 53.5 cm³/mol. The van der Waals surface area contributed by atoms with Gasteiger partial charge >= 0.3 is 0 Å². The third kappa shape index (κ3) is 3.29. The van der Waals surface area contributed by atoms with Gasteiger partial charge in [-0.3, -0.25) is 4.98 Å². The van der Waals surface area contributed by atoms with Crippen molar-refractivity contribution in [1.29, 1.82) is 0 Å². The van der Waals surface area contributed by atoms with Gasteiger partial charge < -0.3 is 10.2 Å². The minimum atomic E-state index is -0.340. The third-order valence-electron chi connectivity index (χ3n) is 1.86. The Morgan fingerprint density at radius 1 is 1.19 bits per heavy atom. The van der Waals surface area contributed by atoms with Crippen molar-refractivity contribution < 1.29 is 19.6 Å². The van der Waals surface area contributed by atoms with Gasteiger partial charge in [0, 0.05) is 12.1 Å². The van der Waals surface area contributed by atoms with E-state index in [0.717, 1.165) is 5.75 Å². The van der Waals surface area contributed by atoms with Crippen LogP contribution in [-0.2, 0) is 6.61 Å². The number of H-pyrrole nitrogens is 1. The average molecular weight is 222 g/mol. The van der Waals surface area contributed by atoms with Gasteiger partial charge in [-0.1, -0.05) is 0 Å². The molecule has 2 N–H and O–H groups in total. The van der Waals surface area contributed by atoms with E-state index in [1.807, 2.05) is 12.1 Å². The topological polar surface area (TPSA) is 66.3 Å². The number of rotatable bonds is 3. The quantitative estimate of drug-likeness (QED) is 0.789. The summed E-state index contributed by atoms with van der Waals surface area (Å²) in [5.41, 5.74) is 0.698. The molecule has 0 fully saturated rings. The molecular formula is C11H11FN2O2. The summed E-state index contributed by atoms with van der Waals surface area (Å²) in [4.78, 5) is 6.78. The second-order valence-electron chi connectivity index (χ2n) is 2.99. The summed E-state index contributed by atoms with van der Waals surface area (Å²) in [7, 11) is 0. The van der Waals surface area contributed by atoms with Crippen LogP contribution in [0.15, 0.2) is 42.9 Å². The van der Waals surface area contributed by atoms with Crippen LogP contribution in [0.3, 0.4) is 0 Å². The molecule has 0 spiro atoms. The van der Waals surface area contributed by atoms with Gasteiger partial charge in [-0.15, -0.1) is 0 Å². The number of ether oxygens (including phenoxy) is 1. The van der Waals surface area contributed by atoms with E-state index < -0.39 is 0 Å². The Balaban J connectivity index is 0.00000128. The lowest BCUT2D eigenvalue weighted by molar-refractivity contribution is -0.378. The SMILES string of the molecule is Fc1ccc(COc2cc[nH+]cc2)nc1.[OH-]. The van der Waals surface area contributed by atoms with Gasteiger partial charge in [0.2, 0.25) is 0 Å². The fourth-order valence-corrected chi connectivity index (χ4v) is 1.12. The van der Waals surface area contributed by atoms with Crippen LogP contribution in [0.4, 0.5) is 4.39 Å². The molecule has 0 bridgehead atoms. The minimum absolute atomic E-state index is 0. The lowest BCUT2D eigenvalue weighted by Crippen LogP contribution is -2.01. The van der Waals surface area contributed by atoms with Crippen LogP contribution >= 0.6 is 0 Å². The zero-order chi connectivity index (χ0) is 10.5. The Bertz CT molecular complexity index is 420. The van der Waals surface area contributed by atoms with E-state index in [0.29, 0.717) is 12.3 Å². The first kappa shape index (κ1) is 12.1. The first-order valence-corrected chi connectivity index (χ1v) is 4.54. The number of aromatic amines is 1. The molecule has 0 atom stereocenters. The van der Waals surface area contributed by atoms with Gasteiger partial charge in [-0.25, -0.2) is 9.37 Å². The number of halogens is 1. The van der Waals surface area contributed by atoms with Gasteiger partial charge in [-0.05, 0) is 12.1 Å². The number of pyridine rings is 2. The molecular weight excluding hydrogens is 211 g/mol. The highest BCUT2D eigenvalue weighted by atomic mass is 19.1. The van der Waals surface area contributed by atoms with Crippen molar-refractivity contribution in [2.24, 2.45) is 0 Å². The number of nitrogens with zero attached hydrogens (tertiary/aromatic N) is 1. The molecule has 0 unspecified atom stereocenters. The van der Waals surface area contributed by atoms with Crippen molar-refractivity contribution in [2.45, 2.75) is 6.61 Å². The van der Waals surface area contributed by atoms with Crippen molar-refractivity contribution in [3.63, 3.8) is 0 Å². The number of hydrogen-bond donors (Lipinski definition) is 0. The Hall–Kier alpha value is -2.01. The maximum Gasteiger partial charge on any atom is 0.170 e. The maximum absolute atomic E-state index is 12.5. The molecule has 0 aliphatic heterocycles. The monoisotopic (exact) mass is 222 g/mol. The fourth-order valence-electron chi connectivity index (χ4n) is 1.12. The highest BCUT2D eigenvalue weighted by Gasteiger charge is 1.98. The molecule has 0 aromatic carbocycles. The Kier molecular flexibility index (Phi) is 4.35. The van der Waals surface area contributed by atoms with E-state index in [9.17, 15) is 4.39 Å². The summed E-state index contributed by atoms with van der Waals surface area (Å²) < 4.78 is 18.0. The van der Waals surface area contributed by atoms with Gasteiger partial charge in [0.15, 0.2) is 12.4 Å². The Morgan fingerprint density at radius 3 is 2.56 bits per heavy atom. The molecule has 0 amide bonds. The molecule has 16 heavy (non-hydrogen) atoms. The zero-order valence-electron chi connectivity index (χ0n) is 8.43. The van der Waals surface area contributed by atoms with Crippen LogP contribution < -0.4 is 9.72 Å². The van der Waals surface area contributed by atoms with Gasteiger partial charge in [0.25, 0.3) is 0 Å². The smallest absolute Gasteiger partial charge is 0.170 e. The van der Waals surface area contributed by atoms with Crippen LogP contribution in [-0.4, -0.2) is 10.5 Å². The first-order valence-electron chi connectivity index (χ1n) is 4.54. The van der Waals surface area contributed by atoms with Gasteiger partial charge in [0.1, 0.15) is 18.2 Å². The summed E-state index contributed by atoms with van der Waals surface area (Å²) in [6.07, 6.45) is 4.72. The molecule has 2 aromatic rings. The van der Waals surface area contributed by atoms with E-state index in [2.05, 4.69) is 9.97 Å². The zero-order valence-corrected chi connectivity index (χ0v) is 8.43. The summed E-state index contributed by atoms with van der Waals surface area (Å²) in [5.74, 6) is 0.410. The molecule has 0 aliphatic carbocycles. The first-order chi connectivity index (χ1) is 7.34. The van der Waals surface area contributed by atoms with E-state index in [4.69, 9.17) is 4.74 Å². The molecule has 0 radical (unpaired) electrons. The van der Waals surface area contributed by atoms with E-state index in [1.165, 1.54) is 12.3 Å². The van der Waals surface area contributed by atoms with Gasteiger partial charge in [-0.2, -0.15) is 0 Å². The summed E-state index contributed by atoms with van der Waals surface area (Å²) in [6, 6.07) is 6.59. The predicted octanol–water partition coefficient (Wildman–Crippen LogP) is 1.44. The van der Waals surface area contributed by atoms with Crippen LogP contribution in [0, 0.1) is 5.82 Å². The molecule has 4 nitrogen and oxygen atoms in total. The van der Waals surface area contributed by atoms with Crippen molar-refractivity contribution in [1.82, 2.24) is 4.98 Å². The largest absolute Gasteiger partial charge is 0.870 e. The average Bonchev–Trinajstić information content (AvgIpc) is 2.30. The highest BCUT2D eigenvalue weighted by molar-refractivity contribution is 5.15. The third-order valence-corrected chi connectivity index (χ3v) is 1.86. The normalized spacial score (nSPS) is 9.31. The molecule has 0 saturated carbocycles. The molecule has 2 aromatic heterocycles. The Labute approximate surface area is 92.1 Å². The van der Waals surface area contributed by atoms with E-state index in [1.54, 1.807) is 18.5 Å². The molecule has 0 aliphatic rings. The molecule has 0 saturated heterocycles. The maximum atomic E-state index is 12.5. The molecule has 2 heterocycles. The van der Waals surface area contributed by atoms with Crippen molar-refractivity contribution in [3.05, 3.63) is 54.4 Å². The van der Waals surface area contributed by atoms with Gasteiger partial charge in [0.05, 0.1) is 11.9 Å². The minimum Gasteiger partial charge on any atom is -0.870 e.